The van der Waals surface area contributed by atoms with Gasteiger partial charge in [-0.1, -0.05) is 18.2 Å². The number of hydrogen-bond donors (Lipinski definition) is 2. The Hall–Kier alpha value is -2.34. The van der Waals surface area contributed by atoms with Crippen molar-refractivity contribution in [1.82, 2.24) is 15.1 Å². The SMILES string of the molecule is Nc1cnn(CCNC(=O)c2csc3ccccc23)c1. The minimum atomic E-state index is -0.0532. The molecule has 0 bridgehead atoms. The number of carbonyl (C=O) groups is 1. The molecule has 0 atom stereocenters. The van der Waals surface area contributed by atoms with Crippen LogP contribution in [0.2, 0.25) is 0 Å². The number of nitrogens with two attached hydrogens (primary N) is 1. The molecular formula is C14H14N4OS. The van der Waals surface area contributed by atoms with Crippen LogP contribution in [-0.4, -0.2) is 22.2 Å². The lowest BCUT2D eigenvalue weighted by Gasteiger charge is -2.04. The standard InChI is InChI=1S/C14H14N4OS/c15-10-7-17-18(8-10)6-5-16-14(19)12-9-20-13-4-2-1-3-11(12)13/h1-4,7-9H,5-6,15H2,(H,16,19). The third kappa shape index (κ3) is 2.50. The number of hydrogen-bond acceptors (Lipinski definition) is 4. The van der Waals surface area contributed by atoms with Gasteiger partial charge >= 0.3 is 0 Å². The van der Waals surface area contributed by atoms with E-state index in [1.54, 1.807) is 28.4 Å². The van der Waals surface area contributed by atoms with E-state index in [-0.39, 0.29) is 5.91 Å². The van der Waals surface area contributed by atoms with E-state index < -0.39 is 0 Å². The van der Waals surface area contributed by atoms with E-state index in [1.807, 2.05) is 29.6 Å². The zero-order valence-corrected chi connectivity index (χ0v) is 11.6. The van der Waals surface area contributed by atoms with Crippen molar-refractivity contribution in [2.45, 2.75) is 6.54 Å². The van der Waals surface area contributed by atoms with Gasteiger partial charge in [0, 0.05) is 28.2 Å². The molecule has 2 heterocycles. The van der Waals surface area contributed by atoms with Crippen LogP contribution < -0.4 is 11.1 Å². The number of nitrogen functional groups attached to an aromatic ring is 1. The number of thiophene rings is 1. The molecule has 1 aromatic carbocycles. The van der Waals surface area contributed by atoms with E-state index in [2.05, 4.69) is 10.4 Å². The van der Waals surface area contributed by atoms with Crippen molar-refractivity contribution < 1.29 is 4.79 Å². The molecule has 20 heavy (non-hydrogen) atoms. The second-order valence-electron chi connectivity index (χ2n) is 4.44. The van der Waals surface area contributed by atoms with E-state index in [0.29, 0.717) is 18.8 Å². The molecule has 0 saturated heterocycles. The minimum Gasteiger partial charge on any atom is -0.396 e. The van der Waals surface area contributed by atoms with Crippen LogP contribution in [0.4, 0.5) is 5.69 Å². The van der Waals surface area contributed by atoms with Crippen LogP contribution in [0, 0.1) is 0 Å². The second kappa shape index (κ2) is 5.34. The molecule has 3 aromatic rings. The van der Waals surface area contributed by atoms with Gasteiger partial charge in [-0.3, -0.25) is 9.48 Å². The van der Waals surface area contributed by atoms with Crippen LogP contribution in [0.25, 0.3) is 10.1 Å². The first kappa shape index (κ1) is 12.7. The quantitative estimate of drug-likeness (QED) is 0.771. The summed E-state index contributed by atoms with van der Waals surface area (Å²) in [5.41, 5.74) is 6.93. The number of amides is 1. The fourth-order valence-electron chi connectivity index (χ4n) is 2.03. The lowest BCUT2D eigenvalue weighted by atomic mass is 10.2. The number of rotatable bonds is 4. The summed E-state index contributed by atoms with van der Waals surface area (Å²) in [6.45, 7) is 1.12. The van der Waals surface area contributed by atoms with E-state index >= 15 is 0 Å². The van der Waals surface area contributed by atoms with Crippen LogP contribution in [0.15, 0.2) is 42.0 Å². The summed E-state index contributed by atoms with van der Waals surface area (Å²) >= 11 is 1.58. The Morgan fingerprint density at radius 1 is 1.40 bits per heavy atom. The van der Waals surface area contributed by atoms with Crippen molar-refractivity contribution in [1.29, 1.82) is 0 Å². The van der Waals surface area contributed by atoms with Gasteiger partial charge in [0.15, 0.2) is 0 Å². The molecule has 0 aliphatic rings. The molecule has 1 amide bonds. The lowest BCUT2D eigenvalue weighted by molar-refractivity contribution is 0.0954. The first-order chi connectivity index (χ1) is 9.74. The molecule has 5 nitrogen and oxygen atoms in total. The number of fused-ring (bicyclic) bond motifs is 1. The Morgan fingerprint density at radius 2 is 2.25 bits per heavy atom. The maximum atomic E-state index is 12.2. The van der Waals surface area contributed by atoms with E-state index in [9.17, 15) is 4.79 Å². The summed E-state index contributed by atoms with van der Waals surface area (Å²) in [6, 6.07) is 7.90. The summed E-state index contributed by atoms with van der Waals surface area (Å²) in [5.74, 6) is -0.0532. The molecular weight excluding hydrogens is 272 g/mol. The molecule has 0 aliphatic heterocycles. The van der Waals surface area contributed by atoms with Gasteiger partial charge in [-0.05, 0) is 6.07 Å². The van der Waals surface area contributed by atoms with Gasteiger partial charge in [-0.15, -0.1) is 11.3 Å². The molecule has 2 aromatic heterocycles. The van der Waals surface area contributed by atoms with Gasteiger partial charge in [0.1, 0.15) is 0 Å². The molecule has 0 fully saturated rings. The van der Waals surface area contributed by atoms with Gasteiger partial charge in [0.2, 0.25) is 0 Å². The monoisotopic (exact) mass is 286 g/mol. The lowest BCUT2D eigenvalue weighted by Crippen LogP contribution is -2.27. The van der Waals surface area contributed by atoms with Gasteiger partial charge < -0.3 is 11.1 Å². The fourth-order valence-corrected chi connectivity index (χ4v) is 2.98. The highest BCUT2D eigenvalue weighted by atomic mass is 32.1. The molecule has 0 spiro atoms. The minimum absolute atomic E-state index is 0.0532. The third-order valence-corrected chi connectivity index (χ3v) is 3.97. The average molecular weight is 286 g/mol. The number of benzene rings is 1. The first-order valence-electron chi connectivity index (χ1n) is 6.26. The van der Waals surface area contributed by atoms with Crippen molar-refractivity contribution in [3.63, 3.8) is 0 Å². The molecule has 0 saturated carbocycles. The van der Waals surface area contributed by atoms with Crippen molar-refractivity contribution in [2.75, 3.05) is 12.3 Å². The van der Waals surface area contributed by atoms with Crippen molar-refractivity contribution in [2.24, 2.45) is 0 Å². The van der Waals surface area contributed by atoms with Crippen LogP contribution in [-0.2, 0) is 6.54 Å². The van der Waals surface area contributed by atoms with Crippen molar-refractivity contribution in [3.05, 3.63) is 47.6 Å². The molecule has 102 valence electrons. The van der Waals surface area contributed by atoms with E-state index in [1.165, 1.54) is 0 Å². The van der Waals surface area contributed by atoms with Gasteiger partial charge in [-0.2, -0.15) is 5.10 Å². The molecule has 3 rings (SSSR count). The van der Waals surface area contributed by atoms with Crippen LogP contribution in [0.5, 0.6) is 0 Å². The summed E-state index contributed by atoms with van der Waals surface area (Å²) in [6.07, 6.45) is 3.33. The molecule has 0 unspecified atom stereocenters. The first-order valence-corrected chi connectivity index (χ1v) is 7.14. The van der Waals surface area contributed by atoms with Gasteiger partial charge in [0.25, 0.3) is 5.91 Å². The highest BCUT2D eigenvalue weighted by Crippen LogP contribution is 2.25. The van der Waals surface area contributed by atoms with Gasteiger partial charge in [-0.25, -0.2) is 0 Å². The largest absolute Gasteiger partial charge is 0.396 e. The van der Waals surface area contributed by atoms with Gasteiger partial charge in [0.05, 0.1) is 24.0 Å². The Morgan fingerprint density at radius 3 is 3.05 bits per heavy atom. The van der Waals surface area contributed by atoms with Crippen LogP contribution >= 0.6 is 11.3 Å². The molecule has 0 radical (unpaired) electrons. The number of nitrogens with zero attached hydrogens (tertiary/aromatic N) is 2. The number of carbonyl (C=O) groups excluding carboxylic acids is 1. The highest BCUT2D eigenvalue weighted by molar-refractivity contribution is 7.17. The van der Waals surface area contributed by atoms with Crippen molar-refractivity contribution in [3.8, 4) is 0 Å². The Kier molecular flexibility index (Phi) is 3.39. The number of aromatic nitrogens is 2. The molecule has 3 N–H and O–H groups in total. The Bertz CT molecular complexity index is 746. The summed E-state index contributed by atoms with van der Waals surface area (Å²) < 4.78 is 2.83. The highest BCUT2D eigenvalue weighted by Gasteiger charge is 2.11. The third-order valence-electron chi connectivity index (χ3n) is 3.01. The maximum absolute atomic E-state index is 12.2. The Balaban J connectivity index is 1.64. The predicted octanol–water partition coefficient (Wildman–Crippen LogP) is 2.11. The maximum Gasteiger partial charge on any atom is 0.252 e. The topological polar surface area (TPSA) is 72.9 Å². The normalized spacial score (nSPS) is 10.8. The smallest absolute Gasteiger partial charge is 0.252 e. The second-order valence-corrected chi connectivity index (χ2v) is 5.35. The average Bonchev–Trinajstić information content (AvgIpc) is 3.05. The summed E-state index contributed by atoms with van der Waals surface area (Å²) in [4.78, 5) is 12.2. The molecule has 0 aliphatic carbocycles. The van der Waals surface area contributed by atoms with E-state index in [0.717, 1.165) is 15.6 Å². The van der Waals surface area contributed by atoms with E-state index in [4.69, 9.17) is 5.73 Å². The fraction of sp³-hybridized carbons (Fsp3) is 0.143. The number of nitrogens with one attached hydrogen (secondary N) is 1. The zero-order valence-electron chi connectivity index (χ0n) is 10.7. The predicted molar refractivity (Wildman–Crippen MR) is 80.8 cm³/mol. The summed E-state index contributed by atoms with van der Waals surface area (Å²) in [5, 5.41) is 9.86. The summed E-state index contributed by atoms with van der Waals surface area (Å²) in [7, 11) is 0. The molecule has 6 heteroatoms. The zero-order chi connectivity index (χ0) is 13.9. The Labute approximate surface area is 120 Å². The van der Waals surface area contributed by atoms with Crippen LogP contribution in [0.3, 0.4) is 0 Å². The van der Waals surface area contributed by atoms with Crippen LogP contribution in [0.1, 0.15) is 10.4 Å². The number of anilines is 1. The van der Waals surface area contributed by atoms with Crippen molar-refractivity contribution >= 4 is 33.0 Å².